The van der Waals surface area contributed by atoms with Gasteiger partial charge in [0.1, 0.15) is 78.4 Å². The summed E-state index contributed by atoms with van der Waals surface area (Å²) in [6.07, 6.45) is -8.66. The molecule has 478 valence electrons. The van der Waals surface area contributed by atoms with Gasteiger partial charge in [-0.3, -0.25) is 8.98 Å². The van der Waals surface area contributed by atoms with E-state index in [0.29, 0.717) is 39.6 Å². The molecule has 0 radical (unpaired) electrons. The fourth-order valence-corrected chi connectivity index (χ4v) is 9.42. The minimum atomic E-state index is -4.74. The number of pyridine rings is 3. The second-order valence-electron chi connectivity index (χ2n) is 20.7. The molecule has 0 atom stereocenters. The van der Waals surface area contributed by atoms with Crippen molar-refractivity contribution in [3.05, 3.63) is 126 Å². The SMILES string of the molecule is CC(=O)N(CCOc1ccc(-c2cc3c(ncn3C)c(C#N)n2)cc1C(F)(F)F)C(C)C.CC(C)NCCOc1ccc(-c2cc3c(ncn3C)c(C#N)n2)cc1C(F)(F)F.Cn1cnc2c(C#N)nc(-c3ccc(OCCOS(C)(=O)=O)c(C(F)(F)F)c3)cc21. The normalized spacial score (nSPS) is 11.8. The van der Waals surface area contributed by atoms with Crippen LogP contribution >= 0.6 is 0 Å². The molecule has 6 heterocycles. The van der Waals surface area contributed by atoms with Crippen molar-refractivity contribution >= 4 is 49.1 Å². The molecule has 0 aliphatic rings. The molecule has 0 aliphatic carbocycles. The molecule has 6 aromatic heterocycles. The van der Waals surface area contributed by atoms with Crippen molar-refractivity contribution in [1.29, 1.82) is 15.8 Å². The number of rotatable bonds is 18. The Morgan fingerprint density at radius 2 is 0.901 bits per heavy atom. The Labute approximate surface area is 515 Å². The minimum absolute atomic E-state index is 0.00471. The number of aryl methyl sites for hydroxylation is 3. The van der Waals surface area contributed by atoms with Gasteiger partial charge in [-0.05, 0) is 86.6 Å². The fourth-order valence-electron chi connectivity index (χ4n) is 9.05. The number of carbonyl (C=O) groups is 1. The lowest BCUT2D eigenvalue weighted by Gasteiger charge is -2.25. The van der Waals surface area contributed by atoms with E-state index in [0.717, 1.165) is 30.5 Å². The van der Waals surface area contributed by atoms with Crippen LogP contribution in [0.5, 0.6) is 17.2 Å². The van der Waals surface area contributed by atoms with Gasteiger partial charge >= 0.3 is 18.5 Å². The van der Waals surface area contributed by atoms with Gasteiger partial charge in [-0.2, -0.15) is 63.7 Å². The summed E-state index contributed by atoms with van der Waals surface area (Å²) >= 11 is 0. The second kappa shape index (κ2) is 28.3. The first-order valence-corrected chi connectivity index (χ1v) is 29.1. The molecule has 1 amide bonds. The van der Waals surface area contributed by atoms with Gasteiger partial charge in [-0.1, -0.05) is 13.8 Å². The van der Waals surface area contributed by atoms with Gasteiger partial charge < -0.3 is 38.1 Å². The van der Waals surface area contributed by atoms with Crippen LogP contribution in [0, 0.1) is 34.0 Å². The molecule has 0 aliphatic heterocycles. The maximum absolute atomic E-state index is 13.8. The van der Waals surface area contributed by atoms with E-state index in [9.17, 15) is 68.5 Å². The minimum Gasteiger partial charge on any atom is -0.492 e. The molecule has 1 N–H and O–H groups in total. The first kappa shape index (κ1) is 68.6. The smallest absolute Gasteiger partial charge is 0.419 e. The van der Waals surface area contributed by atoms with Gasteiger partial charge in [0.15, 0.2) is 17.1 Å². The molecule has 21 nitrogen and oxygen atoms in total. The number of carbonyl (C=O) groups excluding carboxylic acids is 1. The zero-order valence-electron chi connectivity index (χ0n) is 50.0. The van der Waals surface area contributed by atoms with Crippen LogP contribution < -0.4 is 19.5 Å². The van der Waals surface area contributed by atoms with E-state index in [2.05, 4.69) is 39.4 Å². The van der Waals surface area contributed by atoms with Crippen LogP contribution in [0.15, 0.2) is 91.8 Å². The standard InChI is InChI=1S/C22H22F3N5O2.C20H20F3N5O.C18H15F3N4O4S/c1-13(2)30(14(3)31)7-8-32-20-6-5-15(9-16(20)22(23,24)25)17-10-19-21(18(11-26)28-17)27-12-29(19)4;1-12(2)25-6-7-29-18-5-4-13(8-14(18)20(21,22)23)15-9-17-19(16(10-24)27-15)26-11-28(17)3;1-25-10-23-17-14(9-22)24-13(8-15(17)25)11-3-4-16(12(7-11)18(19,20)21)28-5-6-29-30(2,26)27/h5-6,9-10,12-13H,7-8H2,1-4H3;4-5,8-9,11-12,25H,6-7H2,1-3H3;3-4,7-8,10H,5-6H2,1-2H3. The molecule has 0 bridgehead atoms. The van der Waals surface area contributed by atoms with Crippen LogP contribution in [0.3, 0.4) is 0 Å². The average molecular weight is 1290 g/mol. The number of hydrogen-bond acceptors (Lipinski definition) is 17. The molecule has 0 unspecified atom stereocenters. The maximum atomic E-state index is 13.8. The van der Waals surface area contributed by atoms with Gasteiger partial charge in [0.2, 0.25) is 5.91 Å². The van der Waals surface area contributed by atoms with Gasteiger partial charge in [-0.25, -0.2) is 29.9 Å². The zero-order valence-corrected chi connectivity index (χ0v) is 50.9. The van der Waals surface area contributed by atoms with E-state index in [1.54, 1.807) is 53.0 Å². The number of nitrogens with one attached hydrogen (secondary N) is 1. The first-order chi connectivity index (χ1) is 42.7. The summed E-state index contributed by atoms with van der Waals surface area (Å²) in [5.41, 5.74) is 1.27. The van der Waals surface area contributed by atoms with E-state index in [-0.39, 0.29) is 100 Å². The Hall–Kier alpha value is -9.90. The fraction of sp³-hybridized carbons (Fsp3) is 0.333. The number of imidazole rings is 3. The molecule has 9 rings (SSSR count). The van der Waals surface area contributed by atoms with Crippen molar-refractivity contribution in [2.24, 2.45) is 21.1 Å². The molecule has 0 spiro atoms. The number of amides is 1. The summed E-state index contributed by atoms with van der Waals surface area (Å²) in [5, 5.41) is 31.1. The third-order valence-electron chi connectivity index (χ3n) is 13.4. The van der Waals surface area contributed by atoms with Crippen molar-refractivity contribution in [3.8, 4) is 69.2 Å². The summed E-state index contributed by atoms with van der Waals surface area (Å²) in [6.45, 7) is 8.72. The van der Waals surface area contributed by atoms with Crippen LogP contribution in [0.25, 0.3) is 66.9 Å². The quantitative estimate of drug-likeness (QED) is 0.0475. The average Bonchev–Trinajstić information content (AvgIpc) is 1.91. The second-order valence-corrected chi connectivity index (χ2v) is 22.3. The van der Waals surface area contributed by atoms with Crippen molar-refractivity contribution < 1.29 is 71.1 Å². The van der Waals surface area contributed by atoms with Crippen LogP contribution in [0.1, 0.15) is 68.4 Å². The number of benzene rings is 3. The molecule has 0 saturated carbocycles. The summed E-state index contributed by atoms with van der Waals surface area (Å²) < 4.78 is 170. The monoisotopic (exact) mass is 1290 g/mol. The van der Waals surface area contributed by atoms with E-state index >= 15 is 0 Å². The highest BCUT2D eigenvalue weighted by molar-refractivity contribution is 7.86. The molecular weight excluding hydrogens is 1230 g/mol. The molecule has 3 aromatic carbocycles. The lowest BCUT2D eigenvalue weighted by atomic mass is 10.1. The maximum Gasteiger partial charge on any atom is 0.419 e. The molecule has 0 saturated heterocycles. The summed E-state index contributed by atoms with van der Waals surface area (Å²) in [4.78, 5) is 38.0. The van der Waals surface area contributed by atoms with Gasteiger partial charge in [0.25, 0.3) is 10.1 Å². The molecule has 9 aromatic rings. The molecular formula is C60H57F9N14O7S. The summed E-state index contributed by atoms with van der Waals surface area (Å²) in [6, 6.07) is 21.4. The van der Waals surface area contributed by atoms with E-state index in [1.165, 1.54) is 61.1 Å². The van der Waals surface area contributed by atoms with Gasteiger partial charge in [0, 0.05) is 63.4 Å². The number of hydrogen-bond donors (Lipinski definition) is 1. The third-order valence-corrected chi connectivity index (χ3v) is 14.0. The van der Waals surface area contributed by atoms with Crippen molar-refractivity contribution in [2.75, 3.05) is 45.8 Å². The third kappa shape index (κ3) is 17.1. The van der Waals surface area contributed by atoms with E-state index < -0.39 is 64.3 Å². The Balaban J connectivity index is 0.000000194. The first-order valence-electron chi connectivity index (χ1n) is 27.3. The molecule has 91 heavy (non-hydrogen) atoms. The van der Waals surface area contributed by atoms with E-state index in [1.807, 2.05) is 45.9 Å². The number of nitrogens with zero attached hydrogens (tertiary/aromatic N) is 13. The van der Waals surface area contributed by atoms with Crippen molar-refractivity contribution in [1.82, 2.24) is 53.8 Å². The lowest BCUT2D eigenvalue weighted by molar-refractivity contribution is -0.140. The number of fused-ring (bicyclic) bond motifs is 3. The number of nitriles is 3. The predicted molar refractivity (Wildman–Crippen MR) is 314 cm³/mol. The van der Waals surface area contributed by atoms with Crippen LogP contribution in [-0.4, -0.2) is 121 Å². The van der Waals surface area contributed by atoms with Crippen LogP contribution in [0.4, 0.5) is 39.5 Å². The Morgan fingerprint density at radius 1 is 0.560 bits per heavy atom. The van der Waals surface area contributed by atoms with Gasteiger partial charge in [-0.15, -0.1) is 0 Å². The highest BCUT2D eigenvalue weighted by Gasteiger charge is 2.37. The lowest BCUT2D eigenvalue weighted by Crippen LogP contribution is -2.38. The number of halogens is 9. The number of ether oxygens (including phenoxy) is 3. The zero-order chi connectivity index (χ0) is 66.9. The largest absolute Gasteiger partial charge is 0.492 e. The van der Waals surface area contributed by atoms with E-state index in [4.69, 9.17) is 14.2 Å². The van der Waals surface area contributed by atoms with Crippen LogP contribution in [0.2, 0.25) is 0 Å². The predicted octanol–water partition coefficient (Wildman–Crippen LogP) is 10.9. The van der Waals surface area contributed by atoms with Crippen molar-refractivity contribution in [2.45, 2.75) is 65.2 Å². The Kier molecular flexibility index (Phi) is 21.3. The number of alkyl halides is 9. The summed E-state index contributed by atoms with van der Waals surface area (Å²) in [5.74, 6) is -1.24. The summed E-state index contributed by atoms with van der Waals surface area (Å²) in [7, 11) is 1.43. The highest BCUT2D eigenvalue weighted by atomic mass is 32.2. The van der Waals surface area contributed by atoms with Gasteiger partial charge in [0.05, 0.1) is 82.1 Å². The molecule has 0 fully saturated rings. The number of aromatic nitrogens is 9. The highest BCUT2D eigenvalue weighted by Crippen LogP contribution is 2.42. The Bertz CT molecular complexity index is 4390. The van der Waals surface area contributed by atoms with Crippen LogP contribution in [-0.2, 0) is 58.8 Å². The topological polar surface area (TPSA) is 267 Å². The molecule has 31 heteroatoms. The van der Waals surface area contributed by atoms with Crippen molar-refractivity contribution in [3.63, 3.8) is 0 Å². The Morgan fingerprint density at radius 3 is 1.20 bits per heavy atom.